The molecule has 12 heteroatoms. The lowest BCUT2D eigenvalue weighted by Gasteiger charge is -2.14. The van der Waals surface area contributed by atoms with Gasteiger partial charge in [-0.3, -0.25) is 9.59 Å². The van der Waals surface area contributed by atoms with E-state index >= 15 is 0 Å². The van der Waals surface area contributed by atoms with Gasteiger partial charge < -0.3 is 9.47 Å². The summed E-state index contributed by atoms with van der Waals surface area (Å²) in [6, 6.07) is 45.6. The van der Waals surface area contributed by atoms with Crippen molar-refractivity contribution in [3.63, 3.8) is 0 Å². The van der Waals surface area contributed by atoms with Crippen LogP contribution in [0.15, 0.2) is 189 Å². The summed E-state index contributed by atoms with van der Waals surface area (Å²) < 4.78 is 68.4. The smallest absolute Gasteiger partial charge is 0.210 e. The van der Waals surface area contributed by atoms with Gasteiger partial charge in [-0.15, -0.1) is 0 Å². The number of hydrogen-bond donors (Lipinski definition) is 0. The van der Waals surface area contributed by atoms with Gasteiger partial charge in [0.15, 0.2) is 11.6 Å². The minimum absolute atomic E-state index is 0.0229. The van der Waals surface area contributed by atoms with Crippen LogP contribution in [0.2, 0.25) is 0 Å². The lowest BCUT2D eigenvalue weighted by molar-refractivity contribution is 0.103. The third-order valence-corrected chi connectivity index (χ3v) is 12.5. The summed E-state index contributed by atoms with van der Waals surface area (Å²) in [6.07, 6.45) is 0. The lowest BCUT2D eigenvalue weighted by Crippen LogP contribution is -2.08. The van der Waals surface area contributed by atoms with Crippen LogP contribution in [0.4, 0.5) is 0 Å². The van der Waals surface area contributed by atoms with Crippen molar-refractivity contribution in [3.8, 4) is 35.1 Å². The molecule has 282 valence electrons. The summed E-state index contributed by atoms with van der Waals surface area (Å²) in [6.45, 7) is 0. The van der Waals surface area contributed by atoms with Crippen molar-refractivity contribution in [1.82, 2.24) is 0 Å². The van der Waals surface area contributed by atoms with Crippen molar-refractivity contribution in [2.24, 2.45) is 0 Å². The molecule has 0 amide bonds. The van der Waals surface area contributed by atoms with E-state index in [4.69, 9.17) is 20.0 Å². The Morgan fingerprint density at radius 2 is 0.741 bits per heavy atom. The van der Waals surface area contributed by atoms with Crippen molar-refractivity contribution in [2.75, 3.05) is 0 Å². The number of sulfone groups is 2. The second kappa shape index (κ2) is 16.2. The molecule has 0 saturated heterocycles. The Labute approximate surface area is 334 Å². The molecule has 0 aliphatic heterocycles. The predicted octanol–water partition coefficient (Wildman–Crippen LogP) is 9.14. The molecule has 58 heavy (non-hydrogen) atoms. The zero-order valence-corrected chi connectivity index (χ0v) is 31.8. The number of nitrogens with zero attached hydrogens (tertiary/aromatic N) is 2. The van der Waals surface area contributed by atoms with E-state index in [0.717, 1.165) is 6.07 Å². The molecule has 0 saturated carbocycles. The van der Waals surface area contributed by atoms with E-state index in [2.05, 4.69) is 0 Å². The molecule has 0 spiro atoms. The fraction of sp³-hybridized carbons (Fsp3) is 0. The maximum Gasteiger partial charge on any atom is 0.210 e. The number of nitriles is 2. The van der Waals surface area contributed by atoms with E-state index in [1.54, 1.807) is 60.7 Å². The van der Waals surface area contributed by atoms with Crippen LogP contribution in [-0.4, -0.2) is 28.4 Å². The van der Waals surface area contributed by atoms with Crippen LogP contribution in [0.25, 0.3) is 0 Å². The molecule has 7 rings (SSSR count). The van der Waals surface area contributed by atoms with Gasteiger partial charge in [0.05, 0.1) is 33.1 Å². The van der Waals surface area contributed by atoms with Crippen LogP contribution in [0.5, 0.6) is 23.0 Å². The quantitative estimate of drug-likeness (QED) is 0.109. The van der Waals surface area contributed by atoms with Crippen LogP contribution in [0, 0.1) is 22.7 Å². The summed E-state index contributed by atoms with van der Waals surface area (Å²) in [5, 5.41) is 18.1. The number of hydrogen-bond acceptors (Lipinski definition) is 10. The maximum absolute atomic E-state index is 14.1. The number of benzene rings is 7. The van der Waals surface area contributed by atoms with E-state index in [0.29, 0.717) is 33.4 Å². The molecule has 0 bridgehead atoms. The molecule has 0 heterocycles. The van der Waals surface area contributed by atoms with Crippen molar-refractivity contribution in [2.45, 2.75) is 19.6 Å². The Kier molecular flexibility index (Phi) is 10.8. The topological polar surface area (TPSA) is 168 Å². The molecule has 0 aliphatic rings. The van der Waals surface area contributed by atoms with Crippen molar-refractivity contribution in [1.29, 1.82) is 10.5 Å². The highest BCUT2D eigenvalue weighted by molar-refractivity contribution is 7.92. The number of carbonyl (C=O) groups excluding carboxylic acids is 2. The third kappa shape index (κ3) is 8.01. The molecule has 0 radical (unpaired) electrons. The van der Waals surface area contributed by atoms with Gasteiger partial charge in [0.2, 0.25) is 19.7 Å². The second-order valence-electron chi connectivity index (χ2n) is 12.7. The SMILES string of the molecule is N#Cc1ccc(C(=O)c2ccc(Oc3ccccc3S(=O)(=O)c3cccc(S(=O)(=O)c4ccccc4Oc4ccc(C(=O)c5ccc(C#N)cc5)cc4)c3)cc2)cc1. The molecule has 0 aromatic heterocycles. The summed E-state index contributed by atoms with van der Waals surface area (Å²) in [5.74, 6) is -0.0897. The molecule has 7 aromatic rings. The number of ketones is 2. The molecule has 7 aromatic carbocycles. The lowest BCUT2D eigenvalue weighted by atomic mass is 10.0. The van der Waals surface area contributed by atoms with Gasteiger partial charge in [-0.25, -0.2) is 16.8 Å². The van der Waals surface area contributed by atoms with Crippen LogP contribution in [0.3, 0.4) is 0 Å². The molecular weight excluding hydrogens is 773 g/mol. The van der Waals surface area contributed by atoms with Crippen LogP contribution >= 0.6 is 0 Å². The van der Waals surface area contributed by atoms with Gasteiger partial charge in [-0.2, -0.15) is 10.5 Å². The minimum Gasteiger partial charge on any atom is -0.456 e. The first-order valence-electron chi connectivity index (χ1n) is 17.4. The molecular formula is C46H28N2O8S2. The van der Waals surface area contributed by atoms with E-state index in [9.17, 15) is 26.4 Å². The minimum atomic E-state index is -4.35. The number of ether oxygens (including phenoxy) is 2. The van der Waals surface area contributed by atoms with Crippen molar-refractivity contribution >= 4 is 31.2 Å². The Bertz CT molecular complexity index is 2800. The molecule has 0 fully saturated rings. The van der Waals surface area contributed by atoms with E-state index in [1.807, 2.05) is 12.1 Å². The van der Waals surface area contributed by atoms with E-state index < -0.39 is 19.7 Å². The Morgan fingerprint density at radius 3 is 1.09 bits per heavy atom. The van der Waals surface area contributed by atoms with Crippen molar-refractivity contribution < 1.29 is 35.9 Å². The first-order valence-corrected chi connectivity index (χ1v) is 20.4. The van der Waals surface area contributed by atoms with Gasteiger partial charge in [0.1, 0.15) is 32.8 Å². The highest BCUT2D eigenvalue weighted by Crippen LogP contribution is 2.36. The van der Waals surface area contributed by atoms with Gasteiger partial charge in [0.25, 0.3) is 0 Å². The maximum atomic E-state index is 14.1. The summed E-state index contributed by atoms with van der Waals surface area (Å²) >= 11 is 0. The average molecular weight is 801 g/mol. The Morgan fingerprint density at radius 1 is 0.414 bits per heavy atom. The molecule has 0 atom stereocenters. The molecule has 0 aliphatic carbocycles. The number of para-hydroxylation sites is 2. The van der Waals surface area contributed by atoms with Crippen LogP contribution in [-0.2, 0) is 19.7 Å². The van der Waals surface area contributed by atoms with Gasteiger partial charge in [-0.05, 0) is 140 Å². The predicted molar refractivity (Wildman–Crippen MR) is 212 cm³/mol. The van der Waals surface area contributed by atoms with E-state index in [1.165, 1.54) is 103 Å². The van der Waals surface area contributed by atoms with Gasteiger partial charge >= 0.3 is 0 Å². The normalized spacial score (nSPS) is 11.1. The summed E-state index contributed by atoms with van der Waals surface area (Å²) in [4.78, 5) is 24.9. The molecule has 0 N–H and O–H groups in total. The van der Waals surface area contributed by atoms with Crippen molar-refractivity contribution in [3.05, 3.63) is 203 Å². The summed E-state index contributed by atoms with van der Waals surface area (Å²) in [5.41, 5.74) is 2.35. The molecule has 10 nitrogen and oxygen atoms in total. The standard InChI is InChI=1S/C46H28N2O8S2/c47-29-31-12-16-33(17-13-31)45(49)35-20-24-37(25-21-35)55-41-8-1-3-10-43(41)57(51,52)39-6-5-7-40(28-39)58(53,54)44-11-4-2-9-42(44)56-38-26-22-36(23-27-38)46(50)34-18-14-32(30-48)15-19-34/h1-28H. The zero-order valence-electron chi connectivity index (χ0n) is 30.1. The first-order chi connectivity index (χ1) is 28.0. The first kappa shape index (κ1) is 38.6. The fourth-order valence-electron chi connectivity index (χ4n) is 5.90. The van der Waals surface area contributed by atoms with Crippen LogP contribution in [0.1, 0.15) is 43.0 Å². The largest absolute Gasteiger partial charge is 0.456 e. The third-order valence-electron chi connectivity index (χ3n) is 8.94. The van der Waals surface area contributed by atoms with Gasteiger partial charge in [-0.1, -0.05) is 30.3 Å². The second-order valence-corrected chi connectivity index (χ2v) is 16.5. The van der Waals surface area contributed by atoms with E-state index in [-0.39, 0.29) is 54.1 Å². The summed E-state index contributed by atoms with van der Waals surface area (Å²) in [7, 11) is -8.70. The molecule has 0 unspecified atom stereocenters. The average Bonchev–Trinajstić information content (AvgIpc) is 3.27. The number of rotatable bonds is 12. The highest BCUT2D eigenvalue weighted by atomic mass is 32.2. The zero-order chi connectivity index (χ0) is 40.9. The monoisotopic (exact) mass is 800 g/mol. The fourth-order valence-corrected chi connectivity index (χ4v) is 8.83. The Balaban J connectivity index is 1.11. The number of carbonyl (C=O) groups is 2. The Hall–Kier alpha value is -7.64. The highest BCUT2D eigenvalue weighted by Gasteiger charge is 2.28. The van der Waals surface area contributed by atoms with Gasteiger partial charge in [0, 0.05) is 22.3 Å². The van der Waals surface area contributed by atoms with Crippen LogP contribution < -0.4 is 9.47 Å².